The Morgan fingerprint density at radius 2 is 2.08 bits per heavy atom. The molecule has 0 fully saturated rings. The minimum Gasteiger partial charge on any atom is -0.444 e. The number of aromatic nitrogens is 2. The van der Waals surface area contributed by atoms with Gasteiger partial charge in [0, 0.05) is 16.0 Å². The molecule has 1 N–H and O–H groups in total. The Balaban J connectivity index is 1.60. The molecule has 5 nitrogen and oxygen atoms in total. The summed E-state index contributed by atoms with van der Waals surface area (Å²) in [5.41, 5.74) is 2.29. The lowest BCUT2D eigenvalue weighted by atomic mass is 10.2. The molecule has 0 aliphatic rings. The molecule has 3 aromatic rings. The quantitative estimate of drug-likeness (QED) is 0.691. The fourth-order valence-electron chi connectivity index (χ4n) is 2.33. The number of hydrogen-bond donors (Lipinski definition) is 1. The highest BCUT2D eigenvalue weighted by Gasteiger charge is 2.15. The zero-order valence-corrected chi connectivity index (χ0v) is 15.5. The molecule has 1 atom stereocenters. The van der Waals surface area contributed by atoms with Crippen LogP contribution in [0.2, 0.25) is 5.02 Å². The summed E-state index contributed by atoms with van der Waals surface area (Å²) in [5.74, 6) is 0.356. The summed E-state index contributed by atoms with van der Waals surface area (Å²) >= 11 is 7.49. The van der Waals surface area contributed by atoms with Crippen LogP contribution in [0.5, 0.6) is 0 Å². The maximum Gasteiger partial charge on any atom is 0.226 e. The summed E-state index contributed by atoms with van der Waals surface area (Å²) in [6.45, 7) is 3.99. The Morgan fingerprint density at radius 1 is 1.32 bits per heavy atom. The average Bonchev–Trinajstić information content (AvgIpc) is 3.24. The predicted molar refractivity (Wildman–Crippen MR) is 98.7 cm³/mol. The van der Waals surface area contributed by atoms with Gasteiger partial charge in [-0.15, -0.1) is 11.3 Å². The van der Waals surface area contributed by atoms with E-state index in [1.165, 1.54) is 6.26 Å². The summed E-state index contributed by atoms with van der Waals surface area (Å²) in [5, 5.41) is 6.65. The van der Waals surface area contributed by atoms with Gasteiger partial charge in [0.2, 0.25) is 11.8 Å². The van der Waals surface area contributed by atoms with Gasteiger partial charge < -0.3 is 9.73 Å². The van der Waals surface area contributed by atoms with Gasteiger partial charge in [-0.3, -0.25) is 4.79 Å². The molecule has 2 aromatic heterocycles. The van der Waals surface area contributed by atoms with Crippen molar-refractivity contribution in [1.82, 2.24) is 15.3 Å². The van der Waals surface area contributed by atoms with Crippen LogP contribution in [0.15, 0.2) is 40.3 Å². The standard InChI is InChI=1S/C18H18ClN3O2S/c1-3-17-22-15(10-25-17)11(2)20-16(23)8-14-9-24-18(21-14)12-4-6-13(19)7-5-12/h4-7,9-11H,3,8H2,1-2H3,(H,20,23). The molecule has 1 unspecified atom stereocenters. The Labute approximate surface area is 155 Å². The lowest BCUT2D eigenvalue weighted by Crippen LogP contribution is -2.28. The number of nitrogens with one attached hydrogen (secondary N) is 1. The largest absolute Gasteiger partial charge is 0.444 e. The number of aryl methyl sites for hydroxylation is 1. The normalized spacial score (nSPS) is 12.1. The Kier molecular flexibility index (Phi) is 5.50. The van der Waals surface area contributed by atoms with Gasteiger partial charge in [-0.1, -0.05) is 18.5 Å². The lowest BCUT2D eigenvalue weighted by molar-refractivity contribution is -0.121. The molecule has 1 amide bonds. The first kappa shape index (κ1) is 17.6. The second-order valence-electron chi connectivity index (χ2n) is 5.64. The van der Waals surface area contributed by atoms with Crippen molar-refractivity contribution >= 4 is 28.8 Å². The van der Waals surface area contributed by atoms with E-state index in [0.717, 1.165) is 22.7 Å². The number of nitrogens with zero attached hydrogens (tertiary/aromatic N) is 2. The van der Waals surface area contributed by atoms with E-state index in [-0.39, 0.29) is 18.4 Å². The molecule has 1 aromatic carbocycles. The molecule has 0 saturated carbocycles. The van der Waals surface area contributed by atoms with Gasteiger partial charge in [0.25, 0.3) is 0 Å². The van der Waals surface area contributed by atoms with Crippen LogP contribution < -0.4 is 5.32 Å². The number of hydrogen-bond acceptors (Lipinski definition) is 5. The third-order valence-corrected chi connectivity index (χ3v) is 4.94. The van der Waals surface area contributed by atoms with Crippen molar-refractivity contribution in [2.45, 2.75) is 32.7 Å². The molecule has 7 heteroatoms. The maximum atomic E-state index is 12.2. The number of carbonyl (C=O) groups excluding carboxylic acids is 1. The van der Waals surface area contributed by atoms with Crippen molar-refractivity contribution in [2.24, 2.45) is 0 Å². The summed E-state index contributed by atoms with van der Waals surface area (Å²) in [7, 11) is 0. The SMILES string of the molecule is CCc1nc(C(C)NC(=O)Cc2coc(-c3ccc(Cl)cc3)n2)cs1. The van der Waals surface area contributed by atoms with E-state index in [0.29, 0.717) is 16.6 Å². The van der Waals surface area contributed by atoms with Crippen LogP contribution in [0.3, 0.4) is 0 Å². The molecule has 0 spiro atoms. The van der Waals surface area contributed by atoms with Crippen LogP contribution in [0.4, 0.5) is 0 Å². The second kappa shape index (κ2) is 7.80. The fraction of sp³-hybridized carbons (Fsp3) is 0.278. The monoisotopic (exact) mass is 375 g/mol. The molecule has 0 saturated heterocycles. The fourth-order valence-corrected chi connectivity index (χ4v) is 3.29. The van der Waals surface area contributed by atoms with E-state index in [4.69, 9.17) is 16.0 Å². The van der Waals surface area contributed by atoms with E-state index in [9.17, 15) is 4.79 Å². The van der Waals surface area contributed by atoms with Crippen LogP contribution in [-0.4, -0.2) is 15.9 Å². The smallest absolute Gasteiger partial charge is 0.226 e. The summed E-state index contributed by atoms with van der Waals surface area (Å²) in [4.78, 5) is 21.1. The molecule has 0 aliphatic carbocycles. The van der Waals surface area contributed by atoms with Crippen LogP contribution in [0, 0.1) is 0 Å². The van der Waals surface area contributed by atoms with Gasteiger partial charge >= 0.3 is 0 Å². The van der Waals surface area contributed by atoms with Gasteiger partial charge in [-0.05, 0) is 37.6 Å². The second-order valence-corrected chi connectivity index (χ2v) is 7.02. The van der Waals surface area contributed by atoms with Gasteiger partial charge in [0.05, 0.1) is 28.9 Å². The zero-order valence-electron chi connectivity index (χ0n) is 14.0. The Bertz CT molecular complexity index is 857. The van der Waals surface area contributed by atoms with Gasteiger partial charge in [0.1, 0.15) is 6.26 Å². The van der Waals surface area contributed by atoms with E-state index in [2.05, 4.69) is 22.2 Å². The van der Waals surface area contributed by atoms with Crippen LogP contribution in [0.25, 0.3) is 11.5 Å². The molecule has 0 bridgehead atoms. The highest BCUT2D eigenvalue weighted by Crippen LogP contribution is 2.21. The maximum absolute atomic E-state index is 12.2. The Hall–Kier alpha value is -2.18. The van der Waals surface area contributed by atoms with Crippen molar-refractivity contribution in [3.8, 4) is 11.5 Å². The van der Waals surface area contributed by atoms with Gasteiger partial charge in [-0.25, -0.2) is 9.97 Å². The molecular weight excluding hydrogens is 358 g/mol. The highest BCUT2D eigenvalue weighted by molar-refractivity contribution is 7.09. The van der Waals surface area contributed by atoms with E-state index in [1.807, 2.05) is 24.4 Å². The molecule has 2 heterocycles. The molecule has 0 aliphatic heterocycles. The van der Waals surface area contributed by atoms with Crippen molar-refractivity contribution in [3.63, 3.8) is 0 Å². The van der Waals surface area contributed by atoms with Crippen LogP contribution >= 0.6 is 22.9 Å². The Morgan fingerprint density at radius 3 is 2.76 bits per heavy atom. The third-order valence-electron chi connectivity index (χ3n) is 3.68. The third kappa shape index (κ3) is 4.46. The first-order valence-corrected chi connectivity index (χ1v) is 9.25. The molecular formula is C18H18ClN3O2S. The number of thiazole rings is 1. The first-order valence-electron chi connectivity index (χ1n) is 7.99. The average molecular weight is 376 g/mol. The molecule has 130 valence electrons. The molecule has 3 rings (SSSR count). The summed E-state index contributed by atoms with van der Waals surface area (Å²) < 4.78 is 5.45. The lowest BCUT2D eigenvalue weighted by Gasteiger charge is -2.10. The summed E-state index contributed by atoms with van der Waals surface area (Å²) in [6, 6.07) is 7.06. The van der Waals surface area contributed by atoms with Crippen molar-refractivity contribution in [2.75, 3.05) is 0 Å². The number of benzene rings is 1. The predicted octanol–water partition coefficient (Wildman–Crippen LogP) is 4.43. The highest BCUT2D eigenvalue weighted by atomic mass is 35.5. The minimum absolute atomic E-state index is 0.116. The minimum atomic E-state index is -0.133. The first-order chi connectivity index (χ1) is 12.0. The molecule has 25 heavy (non-hydrogen) atoms. The van der Waals surface area contributed by atoms with E-state index in [1.54, 1.807) is 23.5 Å². The van der Waals surface area contributed by atoms with Crippen molar-refractivity contribution in [3.05, 3.63) is 57.3 Å². The van der Waals surface area contributed by atoms with Crippen LogP contribution in [-0.2, 0) is 17.6 Å². The molecule has 0 radical (unpaired) electrons. The number of carbonyl (C=O) groups is 1. The van der Waals surface area contributed by atoms with Crippen molar-refractivity contribution < 1.29 is 9.21 Å². The van der Waals surface area contributed by atoms with Gasteiger partial charge in [0.15, 0.2) is 0 Å². The topological polar surface area (TPSA) is 68.0 Å². The van der Waals surface area contributed by atoms with Gasteiger partial charge in [-0.2, -0.15) is 0 Å². The number of oxazole rings is 1. The van der Waals surface area contributed by atoms with Crippen molar-refractivity contribution in [1.29, 1.82) is 0 Å². The zero-order chi connectivity index (χ0) is 17.8. The number of halogens is 1. The van der Waals surface area contributed by atoms with Crippen LogP contribution in [0.1, 0.15) is 36.3 Å². The number of rotatable bonds is 6. The van der Waals surface area contributed by atoms with E-state index >= 15 is 0 Å². The summed E-state index contributed by atoms with van der Waals surface area (Å²) in [6.07, 6.45) is 2.57. The van der Waals surface area contributed by atoms with E-state index < -0.39 is 0 Å². The number of amides is 1.